The first kappa shape index (κ1) is 9.52. The van der Waals surface area contributed by atoms with Crippen LogP contribution >= 0.6 is 0 Å². The Morgan fingerprint density at radius 2 is 2.21 bits per heavy atom. The predicted octanol–water partition coefficient (Wildman–Crippen LogP) is 1.71. The summed E-state index contributed by atoms with van der Waals surface area (Å²) in [6.07, 6.45) is 2.87. The maximum atomic E-state index is 13.7. The minimum absolute atomic E-state index is 0.206. The molecule has 14 heavy (non-hydrogen) atoms. The van der Waals surface area contributed by atoms with E-state index in [0.29, 0.717) is 11.1 Å². The van der Waals surface area contributed by atoms with Gasteiger partial charge in [-0.15, -0.1) is 0 Å². The van der Waals surface area contributed by atoms with E-state index in [1.54, 1.807) is 19.3 Å². The maximum Gasteiger partial charge on any atom is 0.273 e. The van der Waals surface area contributed by atoms with Crippen molar-refractivity contribution >= 4 is 0 Å². The van der Waals surface area contributed by atoms with E-state index in [0.717, 1.165) is 0 Å². The summed E-state index contributed by atoms with van der Waals surface area (Å²) < 4.78 is 27.4. The van der Waals surface area contributed by atoms with Gasteiger partial charge in [-0.3, -0.25) is 4.98 Å². The fourth-order valence-corrected chi connectivity index (χ4v) is 1.96. The summed E-state index contributed by atoms with van der Waals surface area (Å²) in [5, 5.41) is 2.70. The van der Waals surface area contributed by atoms with Crippen molar-refractivity contribution in [3.8, 4) is 0 Å². The molecule has 0 saturated heterocycles. The molecule has 0 aliphatic heterocycles. The summed E-state index contributed by atoms with van der Waals surface area (Å²) in [7, 11) is 1.55. The number of nitrogens with one attached hydrogen (secondary N) is 1. The van der Waals surface area contributed by atoms with Gasteiger partial charge in [0.1, 0.15) is 5.54 Å². The van der Waals surface area contributed by atoms with Crippen LogP contribution in [0, 0.1) is 0 Å². The Hall–Kier alpha value is -1.03. The first-order valence-electron chi connectivity index (χ1n) is 4.51. The highest BCUT2D eigenvalue weighted by atomic mass is 19.3. The van der Waals surface area contributed by atoms with Crippen molar-refractivity contribution in [2.45, 2.75) is 24.8 Å². The first-order valence-corrected chi connectivity index (χ1v) is 4.51. The van der Waals surface area contributed by atoms with Gasteiger partial charge >= 0.3 is 0 Å². The monoisotopic (exact) mass is 198 g/mol. The second-order valence-corrected chi connectivity index (χ2v) is 3.79. The lowest BCUT2D eigenvalue weighted by Gasteiger charge is -2.31. The molecule has 0 amide bonds. The van der Waals surface area contributed by atoms with Gasteiger partial charge < -0.3 is 5.32 Å². The standard InChI is InChI=1S/C10H12F2N2/c1-9(13-2)8-6-14-4-3-7(8)5-10(9,11)12/h3-4,6,13H,5H2,1-2H3. The summed E-state index contributed by atoms with van der Waals surface area (Å²) in [6.45, 7) is 1.51. The average molecular weight is 198 g/mol. The molecule has 0 radical (unpaired) electrons. The Labute approximate surface area is 81.4 Å². The Kier molecular flexibility index (Phi) is 1.86. The number of hydrogen-bond acceptors (Lipinski definition) is 2. The molecule has 1 N–H and O–H groups in total. The summed E-state index contributed by atoms with van der Waals surface area (Å²) >= 11 is 0. The van der Waals surface area contributed by atoms with Gasteiger partial charge in [0.05, 0.1) is 0 Å². The second-order valence-electron chi connectivity index (χ2n) is 3.79. The molecule has 0 aromatic carbocycles. The zero-order chi connectivity index (χ0) is 10.4. The van der Waals surface area contributed by atoms with Crippen LogP contribution in [-0.2, 0) is 12.0 Å². The highest BCUT2D eigenvalue weighted by molar-refractivity contribution is 5.39. The number of pyridine rings is 1. The highest BCUT2D eigenvalue weighted by Gasteiger charge is 2.56. The Bertz CT molecular complexity index is 365. The number of nitrogens with zero attached hydrogens (tertiary/aromatic N) is 1. The number of aromatic nitrogens is 1. The van der Waals surface area contributed by atoms with Crippen molar-refractivity contribution in [1.29, 1.82) is 0 Å². The van der Waals surface area contributed by atoms with Gasteiger partial charge in [-0.2, -0.15) is 0 Å². The lowest BCUT2D eigenvalue weighted by molar-refractivity contribution is -0.0699. The smallest absolute Gasteiger partial charge is 0.273 e. The zero-order valence-corrected chi connectivity index (χ0v) is 8.14. The van der Waals surface area contributed by atoms with Crippen LogP contribution < -0.4 is 5.32 Å². The molecule has 1 aliphatic carbocycles. The zero-order valence-electron chi connectivity index (χ0n) is 8.14. The van der Waals surface area contributed by atoms with Crippen LogP contribution in [0.4, 0.5) is 8.78 Å². The Balaban J connectivity index is 2.59. The van der Waals surface area contributed by atoms with Gasteiger partial charge in [0.2, 0.25) is 0 Å². The lowest BCUT2D eigenvalue weighted by Crippen LogP contribution is -2.49. The minimum atomic E-state index is -2.74. The second kappa shape index (κ2) is 2.73. The van der Waals surface area contributed by atoms with Crippen molar-refractivity contribution in [2.24, 2.45) is 0 Å². The van der Waals surface area contributed by atoms with Crippen LogP contribution in [0.3, 0.4) is 0 Å². The Morgan fingerprint density at radius 1 is 1.50 bits per heavy atom. The summed E-state index contributed by atoms with van der Waals surface area (Å²) in [5.41, 5.74) is 0.00528. The van der Waals surface area contributed by atoms with E-state index in [4.69, 9.17) is 0 Å². The van der Waals surface area contributed by atoms with Gasteiger partial charge in [0, 0.05) is 18.8 Å². The molecule has 1 unspecified atom stereocenters. The van der Waals surface area contributed by atoms with Crippen LogP contribution in [-0.4, -0.2) is 18.0 Å². The van der Waals surface area contributed by atoms with Crippen LogP contribution in [0.2, 0.25) is 0 Å². The topological polar surface area (TPSA) is 24.9 Å². The van der Waals surface area contributed by atoms with Gasteiger partial charge in [0.15, 0.2) is 0 Å². The molecule has 4 heteroatoms. The molecule has 1 heterocycles. The number of hydrogen-bond donors (Lipinski definition) is 1. The van der Waals surface area contributed by atoms with E-state index in [1.165, 1.54) is 13.1 Å². The average Bonchev–Trinajstić information content (AvgIpc) is 2.36. The largest absolute Gasteiger partial charge is 0.306 e. The third-order valence-electron chi connectivity index (χ3n) is 3.09. The fourth-order valence-electron chi connectivity index (χ4n) is 1.96. The molecule has 1 aliphatic rings. The molecule has 1 atom stereocenters. The molecule has 76 valence electrons. The van der Waals surface area contributed by atoms with Crippen molar-refractivity contribution in [3.63, 3.8) is 0 Å². The van der Waals surface area contributed by atoms with E-state index >= 15 is 0 Å². The maximum absolute atomic E-state index is 13.7. The number of halogens is 2. The summed E-state index contributed by atoms with van der Waals surface area (Å²) in [4.78, 5) is 3.89. The van der Waals surface area contributed by atoms with Crippen LogP contribution in [0.1, 0.15) is 18.1 Å². The fraction of sp³-hybridized carbons (Fsp3) is 0.500. The van der Waals surface area contributed by atoms with E-state index in [1.807, 2.05) is 0 Å². The third-order valence-corrected chi connectivity index (χ3v) is 3.09. The highest BCUT2D eigenvalue weighted by Crippen LogP contribution is 2.46. The summed E-state index contributed by atoms with van der Waals surface area (Å²) in [6, 6.07) is 1.66. The van der Waals surface area contributed by atoms with Gasteiger partial charge in [-0.05, 0) is 31.2 Å². The molecular formula is C10H12F2N2. The molecule has 2 rings (SSSR count). The van der Waals surface area contributed by atoms with Gasteiger partial charge in [-0.25, -0.2) is 8.78 Å². The molecule has 0 spiro atoms. The third kappa shape index (κ3) is 1.00. The molecule has 0 fully saturated rings. The molecule has 1 aromatic rings. The van der Waals surface area contributed by atoms with Crippen molar-refractivity contribution in [1.82, 2.24) is 10.3 Å². The number of alkyl halides is 2. The number of rotatable bonds is 1. The van der Waals surface area contributed by atoms with Crippen molar-refractivity contribution in [2.75, 3.05) is 7.05 Å². The molecular weight excluding hydrogens is 186 g/mol. The van der Waals surface area contributed by atoms with Gasteiger partial charge in [-0.1, -0.05) is 0 Å². The molecule has 0 saturated carbocycles. The number of fused-ring (bicyclic) bond motifs is 1. The van der Waals surface area contributed by atoms with E-state index in [2.05, 4.69) is 10.3 Å². The molecule has 0 bridgehead atoms. The van der Waals surface area contributed by atoms with Crippen LogP contribution in [0.25, 0.3) is 0 Å². The van der Waals surface area contributed by atoms with E-state index in [-0.39, 0.29) is 6.42 Å². The van der Waals surface area contributed by atoms with Crippen molar-refractivity contribution in [3.05, 3.63) is 29.6 Å². The molecule has 1 aromatic heterocycles. The minimum Gasteiger partial charge on any atom is -0.306 e. The quantitative estimate of drug-likeness (QED) is 0.743. The lowest BCUT2D eigenvalue weighted by atomic mass is 9.93. The predicted molar refractivity (Wildman–Crippen MR) is 49.3 cm³/mol. The first-order chi connectivity index (χ1) is 6.51. The Morgan fingerprint density at radius 3 is 2.86 bits per heavy atom. The van der Waals surface area contributed by atoms with E-state index < -0.39 is 11.5 Å². The SMILES string of the molecule is CNC1(C)c2cnccc2CC1(F)F. The van der Waals surface area contributed by atoms with Gasteiger partial charge in [0.25, 0.3) is 5.92 Å². The molecule has 2 nitrogen and oxygen atoms in total. The normalized spacial score (nSPS) is 28.9. The van der Waals surface area contributed by atoms with Crippen LogP contribution in [0.15, 0.2) is 18.5 Å². The van der Waals surface area contributed by atoms with E-state index in [9.17, 15) is 8.78 Å². The summed E-state index contributed by atoms with van der Waals surface area (Å²) in [5.74, 6) is -2.74. The van der Waals surface area contributed by atoms with Crippen LogP contribution in [0.5, 0.6) is 0 Å². The van der Waals surface area contributed by atoms with Crippen molar-refractivity contribution < 1.29 is 8.78 Å².